The molecule has 0 aliphatic rings. The summed E-state index contributed by atoms with van der Waals surface area (Å²) in [5, 5.41) is 0.882. The number of amides is 1. The van der Waals surface area contributed by atoms with E-state index in [9.17, 15) is 4.79 Å². The highest BCUT2D eigenvalue weighted by molar-refractivity contribution is 6.42. The van der Waals surface area contributed by atoms with Gasteiger partial charge in [0, 0.05) is 5.56 Å². The zero-order valence-electron chi connectivity index (χ0n) is 8.54. The predicted molar refractivity (Wildman–Crippen MR) is 65.8 cm³/mol. The lowest BCUT2D eigenvalue weighted by atomic mass is 10.2. The fourth-order valence-electron chi connectivity index (χ4n) is 1.34. The molecule has 2 aromatic rings. The lowest BCUT2D eigenvalue weighted by molar-refractivity contribution is 0.0927. The highest BCUT2D eigenvalue weighted by Gasteiger charge is 2.11. The predicted octanol–water partition coefficient (Wildman–Crippen LogP) is 2.86. The number of nitrogens with one attached hydrogen (secondary N) is 1. The van der Waals surface area contributed by atoms with Crippen LogP contribution in [0.4, 0.5) is 0 Å². The van der Waals surface area contributed by atoms with Crippen LogP contribution in [0.1, 0.15) is 10.6 Å². The van der Waals surface area contributed by atoms with E-state index in [4.69, 9.17) is 33.5 Å². The first-order valence-corrected chi connectivity index (χ1v) is 5.43. The Hall–Kier alpha value is -1.49. The molecule has 0 unspecified atom stereocenters. The molecule has 0 spiro atoms. The zero-order chi connectivity index (χ0) is 12.4. The molecule has 0 saturated heterocycles. The van der Waals surface area contributed by atoms with Gasteiger partial charge in [0.25, 0.3) is 0 Å². The van der Waals surface area contributed by atoms with Crippen LogP contribution >= 0.6 is 23.2 Å². The van der Waals surface area contributed by atoms with E-state index in [0.717, 1.165) is 5.56 Å². The number of hydrogen-bond acceptors (Lipinski definition) is 3. The lowest BCUT2D eigenvalue weighted by Gasteiger charge is -2.00. The maximum Gasteiger partial charge on any atom is 0.300 e. The lowest BCUT2D eigenvalue weighted by Crippen LogP contribution is -2.29. The Kier molecular flexibility index (Phi) is 3.38. The Morgan fingerprint density at radius 2 is 1.94 bits per heavy atom. The van der Waals surface area contributed by atoms with Gasteiger partial charge >= 0.3 is 5.91 Å². The number of carbonyl (C=O) groups excluding carboxylic acids is 1. The van der Waals surface area contributed by atoms with Crippen molar-refractivity contribution in [3.05, 3.63) is 46.1 Å². The van der Waals surface area contributed by atoms with Crippen LogP contribution in [0.25, 0.3) is 11.3 Å². The molecule has 0 saturated carbocycles. The molecule has 88 valence electrons. The minimum atomic E-state index is -0.490. The van der Waals surface area contributed by atoms with Crippen molar-refractivity contribution in [3.8, 4) is 11.3 Å². The molecule has 0 bridgehead atoms. The van der Waals surface area contributed by atoms with E-state index in [2.05, 4.69) is 0 Å². The van der Waals surface area contributed by atoms with Gasteiger partial charge in [0.1, 0.15) is 5.76 Å². The molecule has 2 rings (SSSR count). The van der Waals surface area contributed by atoms with Crippen molar-refractivity contribution in [2.45, 2.75) is 0 Å². The maximum atomic E-state index is 11.2. The molecular weight excluding hydrogens is 263 g/mol. The van der Waals surface area contributed by atoms with Crippen LogP contribution in [0, 0.1) is 0 Å². The van der Waals surface area contributed by atoms with Crippen LogP contribution in [-0.4, -0.2) is 5.91 Å². The summed E-state index contributed by atoms with van der Waals surface area (Å²) in [6.07, 6.45) is 0. The topological polar surface area (TPSA) is 68.3 Å². The van der Waals surface area contributed by atoms with Gasteiger partial charge in [-0.25, -0.2) is 5.84 Å². The second kappa shape index (κ2) is 4.79. The second-order valence-corrected chi connectivity index (χ2v) is 4.08. The summed E-state index contributed by atoms with van der Waals surface area (Å²) >= 11 is 11.7. The van der Waals surface area contributed by atoms with E-state index in [1.807, 2.05) is 5.43 Å². The smallest absolute Gasteiger partial charge is 0.300 e. The number of hydrogen-bond donors (Lipinski definition) is 2. The van der Waals surface area contributed by atoms with Crippen LogP contribution in [0.5, 0.6) is 0 Å². The SMILES string of the molecule is NNC(=O)c1ccc(-c2ccc(Cl)c(Cl)c2)o1. The van der Waals surface area contributed by atoms with Crippen molar-refractivity contribution in [1.82, 2.24) is 5.43 Å². The number of halogens is 2. The van der Waals surface area contributed by atoms with Gasteiger partial charge in [-0.1, -0.05) is 23.2 Å². The number of carbonyl (C=O) groups is 1. The molecule has 1 heterocycles. The van der Waals surface area contributed by atoms with E-state index < -0.39 is 5.91 Å². The number of nitrogen functional groups attached to an aromatic ring is 1. The normalized spacial score (nSPS) is 10.3. The number of hydrazine groups is 1. The third kappa shape index (κ3) is 2.44. The van der Waals surface area contributed by atoms with E-state index in [0.29, 0.717) is 15.8 Å². The van der Waals surface area contributed by atoms with Gasteiger partial charge < -0.3 is 4.42 Å². The van der Waals surface area contributed by atoms with Crippen molar-refractivity contribution in [2.75, 3.05) is 0 Å². The number of rotatable bonds is 2. The van der Waals surface area contributed by atoms with E-state index >= 15 is 0 Å². The number of furan rings is 1. The molecule has 4 nitrogen and oxygen atoms in total. The zero-order valence-corrected chi connectivity index (χ0v) is 10.0. The summed E-state index contributed by atoms with van der Waals surface area (Å²) in [7, 11) is 0. The number of nitrogens with two attached hydrogens (primary N) is 1. The molecular formula is C11H8Cl2N2O2. The van der Waals surface area contributed by atoms with Crippen LogP contribution in [0.3, 0.4) is 0 Å². The van der Waals surface area contributed by atoms with Crippen LogP contribution < -0.4 is 11.3 Å². The Morgan fingerprint density at radius 3 is 2.59 bits per heavy atom. The first-order valence-electron chi connectivity index (χ1n) is 4.68. The third-order valence-corrected chi connectivity index (χ3v) is 2.90. The first-order chi connectivity index (χ1) is 8.11. The van der Waals surface area contributed by atoms with Crippen molar-refractivity contribution < 1.29 is 9.21 Å². The quantitative estimate of drug-likeness (QED) is 0.501. The van der Waals surface area contributed by atoms with Crippen LogP contribution in [0.2, 0.25) is 10.0 Å². The summed E-state index contributed by atoms with van der Waals surface area (Å²) < 4.78 is 5.32. The number of benzene rings is 1. The minimum Gasteiger partial charge on any atom is -0.451 e. The fourth-order valence-corrected chi connectivity index (χ4v) is 1.63. The monoisotopic (exact) mass is 270 g/mol. The summed E-state index contributed by atoms with van der Waals surface area (Å²) in [4.78, 5) is 11.2. The second-order valence-electron chi connectivity index (χ2n) is 3.27. The molecule has 6 heteroatoms. The summed E-state index contributed by atoms with van der Waals surface area (Å²) in [6.45, 7) is 0. The van der Waals surface area contributed by atoms with Gasteiger partial charge in [-0.2, -0.15) is 0 Å². The van der Waals surface area contributed by atoms with Crippen LogP contribution in [-0.2, 0) is 0 Å². The molecule has 0 atom stereocenters. The molecule has 3 N–H and O–H groups in total. The fraction of sp³-hybridized carbons (Fsp3) is 0. The summed E-state index contributed by atoms with van der Waals surface area (Å²) in [5.41, 5.74) is 2.72. The molecule has 0 aliphatic heterocycles. The molecule has 17 heavy (non-hydrogen) atoms. The Morgan fingerprint density at radius 1 is 1.18 bits per heavy atom. The molecule has 1 aromatic carbocycles. The summed E-state index contributed by atoms with van der Waals surface area (Å²) in [5.74, 6) is 5.16. The van der Waals surface area contributed by atoms with Gasteiger partial charge in [0.05, 0.1) is 10.0 Å². The van der Waals surface area contributed by atoms with E-state index in [1.54, 1.807) is 24.3 Å². The summed E-state index contributed by atoms with van der Waals surface area (Å²) in [6, 6.07) is 8.25. The van der Waals surface area contributed by atoms with Gasteiger partial charge in [0.15, 0.2) is 5.76 Å². The molecule has 1 aromatic heterocycles. The third-order valence-electron chi connectivity index (χ3n) is 2.17. The van der Waals surface area contributed by atoms with Crippen molar-refractivity contribution in [1.29, 1.82) is 0 Å². The Labute approximate surface area is 107 Å². The van der Waals surface area contributed by atoms with E-state index in [1.165, 1.54) is 6.07 Å². The molecule has 0 fully saturated rings. The van der Waals surface area contributed by atoms with Crippen molar-refractivity contribution in [2.24, 2.45) is 5.84 Å². The van der Waals surface area contributed by atoms with Gasteiger partial charge in [0.2, 0.25) is 0 Å². The standard InChI is InChI=1S/C11H8Cl2N2O2/c12-7-2-1-6(5-8(7)13)9-3-4-10(17-9)11(16)15-14/h1-5H,14H2,(H,15,16). The highest BCUT2D eigenvalue weighted by atomic mass is 35.5. The molecule has 0 radical (unpaired) electrons. The average Bonchev–Trinajstić information content (AvgIpc) is 2.81. The average molecular weight is 271 g/mol. The van der Waals surface area contributed by atoms with Crippen molar-refractivity contribution in [3.63, 3.8) is 0 Å². The Bertz CT molecular complexity index is 566. The molecule has 1 amide bonds. The first kappa shape index (κ1) is 12.0. The van der Waals surface area contributed by atoms with Gasteiger partial charge in [-0.15, -0.1) is 0 Å². The minimum absolute atomic E-state index is 0.133. The van der Waals surface area contributed by atoms with Crippen molar-refractivity contribution >= 4 is 29.1 Å². The maximum absolute atomic E-state index is 11.2. The van der Waals surface area contributed by atoms with E-state index in [-0.39, 0.29) is 5.76 Å². The van der Waals surface area contributed by atoms with Crippen LogP contribution in [0.15, 0.2) is 34.7 Å². The van der Waals surface area contributed by atoms with Gasteiger partial charge in [-0.3, -0.25) is 10.2 Å². The largest absolute Gasteiger partial charge is 0.451 e. The van der Waals surface area contributed by atoms with Gasteiger partial charge in [-0.05, 0) is 30.3 Å². The molecule has 0 aliphatic carbocycles. The Balaban J connectivity index is 2.37. The highest BCUT2D eigenvalue weighted by Crippen LogP contribution is 2.29.